The minimum atomic E-state index is -0.803. The number of ketones is 1. The number of rotatable bonds is 7. The number of hydrogen-bond donors (Lipinski definition) is 0. The number of hydrogen-bond acceptors (Lipinski definition) is 6. The molecule has 0 aliphatic rings. The zero-order valence-electron chi connectivity index (χ0n) is 17.4. The van der Waals surface area contributed by atoms with Gasteiger partial charge in [-0.05, 0) is 60.7 Å². The van der Waals surface area contributed by atoms with Gasteiger partial charge in [0.05, 0.1) is 12.8 Å². The molecule has 0 saturated carbocycles. The largest absolute Gasteiger partial charge is 0.497 e. The summed E-state index contributed by atoms with van der Waals surface area (Å²) in [4.78, 5) is 29.4. The third-order valence-corrected chi connectivity index (χ3v) is 5.49. The van der Waals surface area contributed by atoms with E-state index in [2.05, 4.69) is 26.0 Å². The van der Waals surface area contributed by atoms with Crippen LogP contribution in [0.5, 0.6) is 5.75 Å². The van der Waals surface area contributed by atoms with E-state index in [0.29, 0.717) is 27.8 Å². The van der Waals surface area contributed by atoms with Gasteiger partial charge in [0.2, 0.25) is 0 Å². The van der Waals surface area contributed by atoms with E-state index >= 15 is 0 Å². The SMILES string of the molecule is COc1ccc(-n2nc(C(=O)OCC(=O)c3ccc(Cl)cc3)nc2-c2ccc(Br)cc2)cc1. The molecular formula is C24H17BrClN3O4. The summed E-state index contributed by atoms with van der Waals surface area (Å²) < 4.78 is 12.8. The fraction of sp³-hybridized carbons (Fsp3) is 0.0833. The van der Waals surface area contributed by atoms with Crippen molar-refractivity contribution >= 4 is 39.3 Å². The smallest absolute Gasteiger partial charge is 0.378 e. The fourth-order valence-electron chi connectivity index (χ4n) is 3.00. The molecule has 0 saturated heterocycles. The summed E-state index contributed by atoms with van der Waals surface area (Å²) in [5, 5.41) is 4.86. The van der Waals surface area contributed by atoms with Crippen LogP contribution < -0.4 is 4.74 Å². The molecule has 1 aromatic heterocycles. The molecule has 0 atom stereocenters. The van der Waals surface area contributed by atoms with Gasteiger partial charge in [0.15, 0.2) is 18.2 Å². The Hall–Kier alpha value is -3.49. The van der Waals surface area contributed by atoms with E-state index in [9.17, 15) is 9.59 Å². The highest BCUT2D eigenvalue weighted by Crippen LogP contribution is 2.24. The number of nitrogens with zero attached hydrogens (tertiary/aromatic N) is 3. The van der Waals surface area contributed by atoms with Crippen LogP contribution in [-0.2, 0) is 4.74 Å². The van der Waals surface area contributed by atoms with Crippen LogP contribution in [0.1, 0.15) is 21.0 Å². The van der Waals surface area contributed by atoms with E-state index in [4.69, 9.17) is 21.1 Å². The molecule has 0 bridgehead atoms. The highest BCUT2D eigenvalue weighted by Gasteiger charge is 2.21. The van der Waals surface area contributed by atoms with Gasteiger partial charge in [0.25, 0.3) is 5.82 Å². The Morgan fingerprint density at radius 2 is 1.64 bits per heavy atom. The van der Waals surface area contributed by atoms with Crippen LogP contribution in [0.15, 0.2) is 77.3 Å². The lowest BCUT2D eigenvalue weighted by Gasteiger charge is -2.07. The molecular weight excluding hydrogens is 510 g/mol. The molecule has 0 spiro atoms. The molecule has 0 unspecified atom stereocenters. The van der Waals surface area contributed by atoms with Crippen molar-refractivity contribution in [2.24, 2.45) is 0 Å². The highest BCUT2D eigenvalue weighted by molar-refractivity contribution is 9.10. The lowest BCUT2D eigenvalue weighted by atomic mass is 10.1. The summed E-state index contributed by atoms with van der Waals surface area (Å²) in [6, 6.07) is 20.9. The molecule has 3 aromatic carbocycles. The monoisotopic (exact) mass is 525 g/mol. The van der Waals surface area contributed by atoms with Gasteiger partial charge in [0, 0.05) is 20.6 Å². The molecule has 0 aliphatic carbocycles. The summed E-state index contributed by atoms with van der Waals surface area (Å²) in [6.45, 7) is -0.439. The van der Waals surface area contributed by atoms with Gasteiger partial charge >= 0.3 is 5.97 Å². The highest BCUT2D eigenvalue weighted by atomic mass is 79.9. The van der Waals surface area contributed by atoms with Crippen molar-refractivity contribution in [3.8, 4) is 22.8 Å². The predicted octanol–water partition coefficient (Wildman–Crippen LogP) is 5.40. The molecule has 4 rings (SSSR count). The van der Waals surface area contributed by atoms with Crippen LogP contribution >= 0.6 is 27.5 Å². The van der Waals surface area contributed by atoms with Crippen LogP contribution in [0.4, 0.5) is 0 Å². The topological polar surface area (TPSA) is 83.3 Å². The van der Waals surface area contributed by atoms with Crippen molar-refractivity contribution in [1.29, 1.82) is 0 Å². The van der Waals surface area contributed by atoms with Crippen molar-refractivity contribution < 1.29 is 19.1 Å². The first kappa shape index (κ1) is 22.7. The zero-order chi connectivity index (χ0) is 23.4. The van der Waals surface area contributed by atoms with Crippen molar-refractivity contribution in [3.63, 3.8) is 0 Å². The van der Waals surface area contributed by atoms with E-state index in [0.717, 1.165) is 10.0 Å². The van der Waals surface area contributed by atoms with Crippen molar-refractivity contribution in [3.05, 3.63) is 93.7 Å². The Labute approximate surface area is 203 Å². The third-order valence-electron chi connectivity index (χ3n) is 4.71. The number of aromatic nitrogens is 3. The van der Waals surface area contributed by atoms with Gasteiger partial charge in [-0.25, -0.2) is 14.5 Å². The van der Waals surface area contributed by atoms with E-state index in [1.54, 1.807) is 60.3 Å². The molecule has 33 heavy (non-hydrogen) atoms. The van der Waals surface area contributed by atoms with Crippen molar-refractivity contribution in [1.82, 2.24) is 14.8 Å². The summed E-state index contributed by atoms with van der Waals surface area (Å²) in [6.07, 6.45) is 0. The van der Waals surface area contributed by atoms with Gasteiger partial charge in [0.1, 0.15) is 5.75 Å². The van der Waals surface area contributed by atoms with E-state index in [1.807, 2.05) is 24.3 Å². The maximum atomic E-state index is 12.7. The maximum absolute atomic E-state index is 12.7. The van der Waals surface area contributed by atoms with E-state index in [-0.39, 0.29) is 11.6 Å². The Kier molecular flexibility index (Phi) is 6.86. The van der Waals surface area contributed by atoms with Crippen LogP contribution in [0, 0.1) is 0 Å². The van der Waals surface area contributed by atoms with Crippen LogP contribution in [0.25, 0.3) is 17.1 Å². The quantitative estimate of drug-likeness (QED) is 0.237. The average Bonchev–Trinajstić information content (AvgIpc) is 3.29. The Morgan fingerprint density at radius 1 is 0.970 bits per heavy atom. The first-order valence-electron chi connectivity index (χ1n) is 9.78. The molecule has 0 aliphatic heterocycles. The number of carbonyl (C=O) groups excluding carboxylic acids is 2. The number of halogens is 2. The minimum absolute atomic E-state index is 0.160. The molecule has 4 aromatic rings. The van der Waals surface area contributed by atoms with Crippen LogP contribution in [0.3, 0.4) is 0 Å². The second-order valence-corrected chi connectivity index (χ2v) is 8.23. The van der Waals surface area contributed by atoms with Gasteiger partial charge < -0.3 is 9.47 Å². The van der Waals surface area contributed by atoms with Crippen molar-refractivity contribution in [2.75, 3.05) is 13.7 Å². The van der Waals surface area contributed by atoms with Gasteiger partial charge in [-0.1, -0.05) is 39.7 Å². The van der Waals surface area contributed by atoms with E-state index in [1.165, 1.54) is 0 Å². The van der Waals surface area contributed by atoms with Crippen LogP contribution in [-0.4, -0.2) is 40.2 Å². The normalized spacial score (nSPS) is 10.6. The fourth-order valence-corrected chi connectivity index (χ4v) is 3.39. The zero-order valence-corrected chi connectivity index (χ0v) is 19.7. The Bertz CT molecular complexity index is 1290. The summed E-state index contributed by atoms with van der Waals surface area (Å²) >= 11 is 9.26. The minimum Gasteiger partial charge on any atom is -0.497 e. The lowest BCUT2D eigenvalue weighted by Crippen LogP contribution is -2.15. The van der Waals surface area contributed by atoms with Crippen LogP contribution in [0.2, 0.25) is 5.02 Å². The molecule has 1 heterocycles. The first-order chi connectivity index (χ1) is 15.9. The molecule has 0 amide bonds. The van der Waals surface area contributed by atoms with Gasteiger partial charge in [-0.15, -0.1) is 5.10 Å². The lowest BCUT2D eigenvalue weighted by molar-refractivity contribution is 0.0462. The molecule has 9 heteroatoms. The molecule has 0 fully saturated rings. The molecule has 166 valence electrons. The third kappa shape index (κ3) is 5.30. The second-order valence-electron chi connectivity index (χ2n) is 6.88. The number of carbonyl (C=O) groups is 2. The van der Waals surface area contributed by atoms with Gasteiger partial charge in [-0.2, -0.15) is 0 Å². The van der Waals surface area contributed by atoms with Gasteiger partial charge in [-0.3, -0.25) is 4.79 Å². The standard InChI is InChI=1S/C24H17BrClN3O4/c1-32-20-12-10-19(11-13-20)29-23(16-2-6-17(25)7-3-16)27-22(28-29)24(31)33-14-21(30)15-4-8-18(26)9-5-15/h2-13H,14H2,1H3. The summed E-state index contributed by atoms with van der Waals surface area (Å²) in [7, 11) is 1.58. The predicted molar refractivity (Wildman–Crippen MR) is 127 cm³/mol. The number of Topliss-reactive ketones (excluding diaryl/α,β-unsaturated/α-hetero) is 1. The molecule has 7 nitrogen and oxygen atoms in total. The first-order valence-corrected chi connectivity index (χ1v) is 10.9. The van der Waals surface area contributed by atoms with Crippen molar-refractivity contribution in [2.45, 2.75) is 0 Å². The second kappa shape index (κ2) is 9.97. The molecule has 0 N–H and O–H groups in total. The Morgan fingerprint density at radius 3 is 2.27 bits per heavy atom. The number of methoxy groups -OCH3 is 1. The average molecular weight is 527 g/mol. The number of benzene rings is 3. The number of esters is 1. The molecule has 0 radical (unpaired) electrons. The van der Waals surface area contributed by atoms with E-state index < -0.39 is 12.6 Å². The number of ether oxygens (including phenoxy) is 2. The Balaban J connectivity index is 1.61. The summed E-state index contributed by atoms with van der Waals surface area (Å²) in [5.41, 5.74) is 1.81. The maximum Gasteiger partial charge on any atom is 0.378 e. The summed E-state index contributed by atoms with van der Waals surface area (Å²) in [5.74, 6) is -0.189.